The molecule has 1 saturated heterocycles. The number of hydrogen-bond acceptors (Lipinski definition) is 2. The number of rotatable bonds is 3. The van der Waals surface area contributed by atoms with Crippen LogP contribution in [0.4, 0.5) is 0 Å². The molecular weight excluding hydrogens is 525 g/mol. The number of para-hydroxylation sites is 2. The third-order valence-electron chi connectivity index (χ3n) is 10.1. The Hall–Kier alpha value is -4.12. The van der Waals surface area contributed by atoms with Crippen molar-refractivity contribution >= 4 is 67.2 Å². The van der Waals surface area contributed by atoms with Crippen LogP contribution < -0.4 is 5.46 Å². The highest BCUT2D eigenvalue weighted by Crippen LogP contribution is 2.43. The molecule has 1 atom stereocenters. The average molecular weight is 562 g/mol. The second kappa shape index (κ2) is 9.44. The predicted molar refractivity (Wildman–Crippen MR) is 183 cm³/mol. The zero-order chi connectivity index (χ0) is 29.5. The van der Waals surface area contributed by atoms with Gasteiger partial charge in [0.05, 0.1) is 22.2 Å². The van der Waals surface area contributed by atoms with Gasteiger partial charge in [-0.15, -0.1) is 0 Å². The Kier molecular flexibility index (Phi) is 5.82. The number of hydrogen-bond donors (Lipinski definition) is 0. The molecule has 0 amide bonds. The van der Waals surface area contributed by atoms with Gasteiger partial charge in [-0.3, -0.25) is 0 Å². The molecule has 6 aromatic rings. The lowest BCUT2D eigenvalue weighted by atomic mass is 9.76. The van der Waals surface area contributed by atoms with Crippen LogP contribution in [0.1, 0.15) is 46.6 Å². The molecule has 4 heteroatoms. The molecule has 5 aromatic carbocycles. The van der Waals surface area contributed by atoms with Crippen molar-refractivity contribution in [3.8, 4) is 0 Å². The highest BCUT2D eigenvalue weighted by molar-refractivity contribution is 6.62. The van der Waals surface area contributed by atoms with Gasteiger partial charge in [-0.1, -0.05) is 91.9 Å². The van der Waals surface area contributed by atoms with Crippen LogP contribution in [-0.4, -0.2) is 22.9 Å². The summed E-state index contributed by atoms with van der Waals surface area (Å²) in [7, 11) is -0.395. The first kappa shape index (κ1) is 26.5. The Labute approximate surface area is 253 Å². The lowest BCUT2D eigenvalue weighted by molar-refractivity contribution is 0.00578. The second-order valence-corrected chi connectivity index (χ2v) is 13.3. The van der Waals surface area contributed by atoms with E-state index in [-0.39, 0.29) is 11.2 Å². The van der Waals surface area contributed by atoms with Gasteiger partial charge in [0.1, 0.15) is 0 Å². The molecule has 0 N–H and O–H groups in total. The van der Waals surface area contributed by atoms with Gasteiger partial charge in [-0.05, 0) is 102 Å². The molecule has 1 fully saturated rings. The first-order chi connectivity index (χ1) is 20.7. The summed E-state index contributed by atoms with van der Waals surface area (Å²) in [6.07, 6.45) is 5.67. The smallest absolute Gasteiger partial charge is 0.399 e. The molecule has 0 radical (unpaired) electrons. The van der Waals surface area contributed by atoms with Crippen LogP contribution in [0.3, 0.4) is 0 Å². The van der Waals surface area contributed by atoms with E-state index in [4.69, 9.17) is 9.31 Å². The van der Waals surface area contributed by atoms with E-state index >= 15 is 0 Å². The van der Waals surface area contributed by atoms with Crippen molar-refractivity contribution in [3.63, 3.8) is 0 Å². The van der Waals surface area contributed by atoms with E-state index < -0.39 is 7.12 Å². The number of allylic oxidation sites excluding steroid dienone is 4. The molecule has 2 aliphatic rings. The second-order valence-electron chi connectivity index (χ2n) is 13.3. The van der Waals surface area contributed by atoms with Crippen LogP contribution in [-0.2, 0) is 9.31 Å². The Morgan fingerprint density at radius 3 is 1.88 bits per heavy atom. The van der Waals surface area contributed by atoms with Crippen LogP contribution >= 0.6 is 0 Å². The summed E-state index contributed by atoms with van der Waals surface area (Å²) in [4.78, 5) is 0. The Bertz CT molecular complexity index is 2080. The van der Waals surface area contributed by atoms with Crippen molar-refractivity contribution in [3.05, 3.63) is 115 Å². The van der Waals surface area contributed by atoms with Crippen LogP contribution in [0.2, 0.25) is 0 Å². The van der Waals surface area contributed by atoms with E-state index in [1.165, 1.54) is 60.2 Å². The first-order valence-electron chi connectivity index (χ1n) is 15.4. The van der Waals surface area contributed by atoms with Gasteiger partial charge in [0.2, 0.25) is 0 Å². The van der Waals surface area contributed by atoms with Crippen molar-refractivity contribution in [2.75, 3.05) is 0 Å². The molecule has 1 aliphatic carbocycles. The van der Waals surface area contributed by atoms with Crippen LogP contribution in [0, 0.1) is 5.92 Å². The van der Waals surface area contributed by atoms with E-state index in [2.05, 4.69) is 148 Å². The van der Waals surface area contributed by atoms with E-state index in [1.807, 2.05) is 0 Å². The molecule has 1 aromatic heterocycles. The quantitative estimate of drug-likeness (QED) is 0.159. The van der Waals surface area contributed by atoms with E-state index in [0.29, 0.717) is 5.92 Å². The fraction of sp³-hybridized carbons (Fsp3) is 0.231. The summed E-state index contributed by atoms with van der Waals surface area (Å²) >= 11 is 0. The molecule has 3 nitrogen and oxygen atoms in total. The zero-order valence-corrected chi connectivity index (χ0v) is 25.5. The van der Waals surface area contributed by atoms with Crippen molar-refractivity contribution in [1.29, 1.82) is 0 Å². The molecule has 8 rings (SSSR count). The number of aromatic nitrogens is 1. The summed E-state index contributed by atoms with van der Waals surface area (Å²) in [6, 6.07) is 35.3. The van der Waals surface area contributed by atoms with Gasteiger partial charge >= 0.3 is 7.12 Å². The van der Waals surface area contributed by atoms with Gasteiger partial charge in [-0.25, -0.2) is 0 Å². The molecule has 1 unspecified atom stereocenters. The number of fused-ring (bicyclic) bond motifs is 5. The molecule has 1 aliphatic heterocycles. The maximum atomic E-state index is 6.47. The monoisotopic (exact) mass is 561 g/mol. The highest BCUT2D eigenvalue weighted by atomic mass is 16.7. The summed E-state index contributed by atoms with van der Waals surface area (Å²) in [5.74, 6) is 0.328. The largest absolute Gasteiger partial charge is 0.494 e. The summed E-state index contributed by atoms with van der Waals surface area (Å²) in [5, 5.41) is 7.64. The summed E-state index contributed by atoms with van der Waals surface area (Å²) in [6.45, 7) is 10.8. The van der Waals surface area contributed by atoms with Crippen LogP contribution in [0.5, 0.6) is 0 Å². The lowest BCUT2D eigenvalue weighted by Gasteiger charge is -2.32. The van der Waals surface area contributed by atoms with Gasteiger partial charge in [0, 0.05) is 16.5 Å². The van der Waals surface area contributed by atoms with Gasteiger partial charge in [-0.2, -0.15) is 0 Å². The first-order valence-corrected chi connectivity index (χ1v) is 15.4. The molecule has 0 spiro atoms. The minimum atomic E-state index is -0.395. The molecular formula is C39H36BNO2. The minimum Gasteiger partial charge on any atom is -0.399 e. The third kappa shape index (κ3) is 4.04. The maximum Gasteiger partial charge on any atom is 0.494 e. The Morgan fingerprint density at radius 1 is 0.651 bits per heavy atom. The minimum absolute atomic E-state index is 0.328. The average Bonchev–Trinajstić information content (AvgIpc) is 3.45. The van der Waals surface area contributed by atoms with E-state index in [0.717, 1.165) is 11.9 Å². The topological polar surface area (TPSA) is 23.4 Å². The highest BCUT2D eigenvalue weighted by Gasteiger charge is 2.51. The standard InChI is InChI=1S/C39H36BNO2/c1-25-22-29(41-35-16-10-8-14-32(35)33-15-9-11-17-36(33)41)20-21-30(25)37-31-13-7-6-12-26(31)23-27-18-19-28(24-34(27)37)40-42-38(2,3)39(4,5)43-40/h6-21,23-25H,22H2,1-5H3. The third-order valence-corrected chi connectivity index (χ3v) is 10.1. The predicted octanol–water partition coefficient (Wildman–Crippen LogP) is 9.36. The normalized spacial score (nSPS) is 19.8. The Morgan fingerprint density at radius 2 is 1.23 bits per heavy atom. The summed E-state index contributed by atoms with van der Waals surface area (Å²) < 4.78 is 15.4. The van der Waals surface area contributed by atoms with Crippen molar-refractivity contribution in [2.24, 2.45) is 5.92 Å². The molecule has 212 valence electrons. The molecule has 2 heterocycles. The van der Waals surface area contributed by atoms with Crippen molar-refractivity contribution in [1.82, 2.24) is 4.57 Å². The van der Waals surface area contributed by atoms with Gasteiger partial charge in [0.25, 0.3) is 0 Å². The van der Waals surface area contributed by atoms with Gasteiger partial charge in [0.15, 0.2) is 0 Å². The number of benzene rings is 5. The van der Waals surface area contributed by atoms with E-state index in [9.17, 15) is 0 Å². The van der Waals surface area contributed by atoms with Gasteiger partial charge < -0.3 is 13.9 Å². The zero-order valence-electron chi connectivity index (χ0n) is 25.5. The van der Waals surface area contributed by atoms with Crippen LogP contribution in [0.25, 0.3) is 54.6 Å². The molecule has 0 bridgehead atoms. The SMILES string of the molecule is CC1CC(n2c3ccccc3c3ccccc32)=CC=C1c1c2ccccc2cc2ccc(B3OC(C)(C)C(C)(C)O3)cc12. The van der Waals surface area contributed by atoms with Crippen molar-refractivity contribution in [2.45, 2.75) is 52.2 Å². The molecule has 43 heavy (non-hydrogen) atoms. The molecule has 0 saturated carbocycles. The fourth-order valence-corrected chi connectivity index (χ4v) is 7.09. The van der Waals surface area contributed by atoms with Crippen molar-refractivity contribution < 1.29 is 9.31 Å². The summed E-state index contributed by atoms with van der Waals surface area (Å²) in [5.41, 5.74) is 6.85. The Balaban J connectivity index is 1.32. The fourth-order valence-electron chi connectivity index (χ4n) is 7.09. The van der Waals surface area contributed by atoms with E-state index in [1.54, 1.807) is 0 Å². The van der Waals surface area contributed by atoms with Crippen LogP contribution in [0.15, 0.2) is 109 Å². The number of nitrogens with zero attached hydrogens (tertiary/aromatic N) is 1. The lowest BCUT2D eigenvalue weighted by Crippen LogP contribution is -2.41. The maximum absolute atomic E-state index is 6.47.